The molecule has 1 atom stereocenters. The van der Waals surface area contributed by atoms with Crippen LogP contribution in [0.15, 0.2) is 0 Å². The summed E-state index contributed by atoms with van der Waals surface area (Å²) in [6, 6.07) is 0. The fourth-order valence-corrected chi connectivity index (χ4v) is 8.39. The lowest BCUT2D eigenvalue weighted by Gasteiger charge is -2.18. The number of rotatable bonds is 50. The Morgan fingerprint density at radius 1 is 0.311 bits per heavy atom. The minimum Gasteiger partial charge on any atom is -0.462 e. The van der Waals surface area contributed by atoms with Crippen LogP contribution in [0.4, 0.5) is 0 Å². The molecule has 0 aliphatic carbocycles. The van der Waals surface area contributed by atoms with Gasteiger partial charge in [-0.25, -0.2) is 0 Å². The van der Waals surface area contributed by atoms with Gasteiger partial charge in [0.1, 0.15) is 13.2 Å². The largest absolute Gasteiger partial charge is 0.462 e. The summed E-state index contributed by atoms with van der Waals surface area (Å²) >= 11 is 0. The molecule has 0 aromatic heterocycles. The molecule has 0 rings (SSSR count). The van der Waals surface area contributed by atoms with E-state index in [0.29, 0.717) is 19.3 Å². The number of hydrogen-bond acceptors (Lipinski definition) is 6. The fraction of sp³-hybridized carbons (Fsp3) is 0.945. The van der Waals surface area contributed by atoms with Crippen molar-refractivity contribution < 1.29 is 28.6 Å². The van der Waals surface area contributed by atoms with Crippen molar-refractivity contribution in [1.29, 1.82) is 0 Å². The summed E-state index contributed by atoms with van der Waals surface area (Å²) in [6.07, 6.45) is 52.5. The van der Waals surface area contributed by atoms with Crippen molar-refractivity contribution in [2.75, 3.05) is 13.2 Å². The third-order valence-electron chi connectivity index (χ3n) is 12.5. The molecule has 0 saturated carbocycles. The zero-order valence-corrected chi connectivity index (χ0v) is 41.6. The van der Waals surface area contributed by atoms with E-state index in [1.807, 2.05) is 0 Å². The molecule has 0 bridgehead atoms. The van der Waals surface area contributed by atoms with Crippen molar-refractivity contribution in [3.05, 3.63) is 0 Å². The second-order valence-electron chi connectivity index (χ2n) is 19.3. The van der Waals surface area contributed by atoms with Gasteiger partial charge >= 0.3 is 17.9 Å². The average Bonchev–Trinajstić information content (AvgIpc) is 3.24. The predicted molar refractivity (Wildman–Crippen MR) is 261 cm³/mol. The Hall–Kier alpha value is -1.59. The molecular formula is C55H106O6. The Balaban J connectivity index is 4.23. The molecule has 6 heteroatoms. The van der Waals surface area contributed by atoms with Gasteiger partial charge in [0, 0.05) is 19.3 Å². The topological polar surface area (TPSA) is 78.9 Å². The molecule has 0 N–H and O–H groups in total. The van der Waals surface area contributed by atoms with Crippen LogP contribution in [-0.2, 0) is 28.6 Å². The molecule has 61 heavy (non-hydrogen) atoms. The highest BCUT2D eigenvalue weighted by molar-refractivity contribution is 5.71. The molecular weight excluding hydrogens is 757 g/mol. The molecule has 0 aliphatic rings. The standard InChI is InChI=1S/C55H106O6/c1-5-7-9-11-13-15-17-19-21-23-24-26-27-29-31-33-38-42-46-53(56)59-49-52(50-60-54(57)47-43-39-36-35-37-41-45-51(3)4)61-55(58)48-44-40-34-32-30-28-25-22-20-18-16-14-12-10-8-6-2/h51-52H,5-50H2,1-4H3/t52-/m1/s1. The van der Waals surface area contributed by atoms with Crippen LogP contribution in [0.1, 0.15) is 310 Å². The molecule has 0 heterocycles. The van der Waals surface area contributed by atoms with Crippen LogP contribution in [0.3, 0.4) is 0 Å². The van der Waals surface area contributed by atoms with Crippen LogP contribution in [0.25, 0.3) is 0 Å². The summed E-state index contributed by atoms with van der Waals surface area (Å²) in [5.74, 6) is -0.0825. The highest BCUT2D eigenvalue weighted by atomic mass is 16.6. The summed E-state index contributed by atoms with van der Waals surface area (Å²) in [5, 5.41) is 0. The molecule has 6 nitrogen and oxygen atoms in total. The molecule has 0 aromatic rings. The lowest BCUT2D eigenvalue weighted by Crippen LogP contribution is -2.30. The van der Waals surface area contributed by atoms with E-state index < -0.39 is 6.10 Å². The van der Waals surface area contributed by atoms with Gasteiger partial charge in [0.25, 0.3) is 0 Å². The maximum atomic E-state index is 12.8. The van der Waals surface area contributed by atoms with E-state index in [0.717, 1.165) is 63.7 Å². The minimum absolute atomic E-state index is 0.0633. The lowest BCUT2D eigenvalue weighted by atomic mass is 10.0. The molecule has 0 amide bonds. The predicted octanol–water partition coefficient (Wildman–Crippen LogP) is 17.8. The Morgan fingerprint density at radius 2 is 0.541 bits per heavy atom. The van der Waals surface area contributed by atoms with E-state index in [4.69, 9.17) is 14.2 Å². The highest BCUT2D eigenvalue weighted by Gasteiger charge is 2.19. The van der Waals surface area contributed by atoms with Gasteiger partial charge in [0.15, 0.2) is 6.10 Å². The Bertz CT molecular complexity index is 918. The van der Waals surface area contributed by atoms with E-state index in [1.165, 1.54) is 205 Å². The first-order chi connectivity index (χ1) is 29.9. The molecule has 0 fully saturated rings. The van der Waals surface area contributed by atoms with Gasteiger partial charge in [0.05, 0.1) is 0 Å². The van der Waals surface area contributed by atoms with E-state index in [-0.39, 0.29) is 31.1 Å². The first-order valence-corrected chi connectivity index (χ1v) is 27.4. The van der Waals surface area contributed by atoms with Crippen LogP contribution >= 0.6 is 0 Å². The van der Waals surface area contributed by atoms with Crippen LogP contribution in [-0.4, -0.2) is 37.2 Å². The van der Waals surface area contributed by atoms with Crippen molar-refractivity contribution in [1.82, 2.24) is 0 Å². The number of carbonyl (C=O) groups excluding carboxylic acids is 3. The van der Waals surface area contributed by atoms with Crippen LogP contribution < -0.4 is 0 Å². The van der Waals surface area contributed by atoms with Crippen molar-refractivity contribution >= 4 is 17.9 Å². The van der Waals surface area contributed by atoms with Gasteiger partial charge in [-0.2, -0.15) is 0 Å². The maximum Gasteiger partial charge on any atom is 0.306 e. The molecule has 0 saturated heterocycles. The summed E-state index contributed by atoms with van der Waals surface area (Å²) < 4.78 is 16.8. The van der Waals surface area contributed by atoms with Gasteiger partial charge in [-0.05, 0) is 25.2 Å². The zero-order valence-electron chi connectivity index (χ0n) is 41.6. The van der Waals surface area contributed by atoms with Gasteiger partial charge in [-0.15, -0.1) is 0 Å². The molecule has 0 radical (unpaired) electrons. The van der Waals surface area contributed by atoms with Crippen LogP contribution in [0.2, 0.25) is 0 Å². The van der Waals surface area contributed by atoms with Crippen molar-refractivity contribution in [2.24, 2.45) is 5.92 Å². The second-order valence-corrected chi connectivity index (χ2v) is 19.3. The summed E-state index contributed by atoms with van der Waals surface area (Å²) in [7, 11) is 0. The van der Waals surface area contributed by atoms with E-state index in [2.05, 4.69) is 27.7 Å². The maximum absolute atomic E-state index is 12.8. The van der Waals surface area contributed by atoms with Crippen LogP contribution in [0, 0.1) is 5.92 Å². The molecule has 0 aliphatic heterocycles. The van der Waals surface area contributed by atoms with Crippen molar-refractivity contribution in [2.45, 2.75) is 316 Å². The molecule has 0 unspecified atom stereocenters. The minimum atomic E-state index is -0.761. The van der Waals surface area contributed by atoms with Gasteiger partial charge in [-0.3, -0.25) is 14.4 Å². The third kappa shape index (κ3) is 49.3. The highest BCUT2D eigenvalue weighted by Crippen LogP contribution is 2.17. The van der Waals surface area contributed by atoms with Crippen LogP contribution in [0.5, 0.6) is 0 Å². The quantitative estimate of drug-likeness (QED) is 0.0344. The number of unbranched alkanes of at least 4 members (excludes halogenated alkanes) is 37. The monoisotopic (exact) mass is 863 g/mol. The van der Waals surface area contributed by atoms with Gasteiger partial charge in [0.2, 0.25) is 0 Å². The number of esters is 3. The Morgan fingerprint density at radius 3 is 0.803 bits per heavy atom. The smallest absolute Gasteiger partial charge is 0.306 e. The normalized spacial score (nSPS) is 12.0. The fourth-order valence-electron chi connectivity index (χ4n) is 8.39. The Kier molecular flexibility index (Phi) is 48.1. The SMILES string of the molecule is CCCCCCCCCCCCCCCCCCCCC(=O)OC[C@H](COC(=O)CCCCCCCCC(C)C)OC(=O)CCCCCCCCCCCCCCCCCC. The second kappa shape index (κ2) is 49.4. The summed E-state index contributed by atoms with van der Waals surface area (Å²) in [5.41, 5.74) is 0. The number of carbonyl (C=O) groups is 3. The molecule has 0 aromatic carbocycles. The molecule has 362 valence electrons. The lowest BCUT2D eigenvalue weighted by molar-refractivity contribution is -0.167. The van der Waals surface area contributed by atoms with Gasteiger partial charge in [-0.1, -0.05) is 272 Å². The van der Waals surface area contributed by atoms with E-state index >= 15 is 0 Å². The first-order valence-electron chi connectivity index (χ1n) is 27.4. The van der Waals surface area contributed by atoms with Crippen molar-refractivity contribution in [3.63, 3.8) is 0 Å². The average molecular weight is 863 g/mol. The Labute approximate surface area is 380 Å². The number of ether oxygens (including phenoxy) is 3. The third-order valence-corrected chi connectivity index (χ3v) is 12.5. The first kappa shape index (κ1) is 59.4. The summed E-state index contributed by atoms with van der Waals surface area (Å²) in [6.45, 7) is 8.97. The van der Waals surface area contributed by atoms with E-state index in [1.54, 1.807) is 0 Å². The van der Waals surface area contributed by atoms with E-state index in [9.17, 15) is 14.4 Å². The molecule has 0 spiro atoms. The zero-order chi connectivity index (χ0) is 44.5. The summed E-state index contributed by atoms with van der Waals surface area (Å²) in [4.78, 5) is 37.9. The number of hydrogen-bond donors (Lipinski definition) is 0. The van der Waals surface area contributed by atoms with Gasteiger partial charge < -0.3 is 14.2 Å². The van der Waals surface area contributed by atoms with Crippen molar-refractivity contribution in [3.8, 4) is 0 Å².